The summed E-state index contributed by atoms with van der Waals surface area (Å²) in [6.45, 7) is 1.17. The Morgan fingerprint density at radius 1 is 0.955 bits per heavy atom. The van der Waals surface area contributed by atoms with Crippen molar-refractivity contribution in [2.24, 2.45) is 5.73 Å². The molecule has 4 N–H and O–H groups in total. The number of rotatable bonds is 8. The third-order valence-corrected chi connectivity index (χ3v) is 8.85. The predicted molar refractivity (Wildman–Crippen MR) is 173 cm³/mol. The number of nitro groups is 1. The quantitative estimate of drug-likeness (QED) is 0.207. The zero-order valence-corrected chi connectivity index (χ0v) is 26.2. The van der Waals surface area contributed by atoms with E-state index in [-0.39, 0.29) is 55.3 Å². The Kier molecular flexibility index (Phi) is 11.4. The summed E-state index contributed by atoms with van der Waals surface area (Å²) < 4.78 is 7.70. The minimum atomic E-state index is -0.452. The average molecular weight is 651 g/mol. The van der Waals surface area contributed by atoms with Crippen LogP contribution in [0.5, 0.6) is 0 Å². The van der Waals surface area contributed by atoms with Crippen molar-refractivity contribution in [3.05, 3.63) is 46.3 Å². The second-order valence-electron chi connectivity index (χ2n) is 11.8. The van der Waals surface area contributed by atoms with Crippen LogP contribution in [0.15, 0.2) is 30.6 Å². The Labute approximate surface area is 268 Å². The zero-order valence-electron chi connectivity index (χ0n) is 24.6. The third-order valence-electron chi connectivity index (χ3n) is 8.85. The van der Waals surface area contributed by atoms with Crippen molar-refractivity contribution in [1.29, 1.82) is 0 Å². The van der Waals surface area contributed by atoms with Gasteiger partial charge in [0.2, 0.25) is 5.95 Å². The number of anilines is 2. The summed E-state index contributed by atoms with van der Waals surface area (Å²) in [7, 11) is 0. The number of carbonyl (C=O) groups excluding carboxylic acids is 1. The molecule has 240 valence electrons. The van der Waals surface area contributed by atoms with Gasteiger partial charge in [-0.15, -0.1) is 24.8 Å². The number of fused-ring (bicyclic) bond motifs is 1. The molecule has 6 rings (SSSR count). The molecule has 0 bridgehead atoms. The van der Waals surface area contributed by atoms with E-state index in [0.29, 0.717) is 36.7 Å². The molecule has 0 radical (unpaired) electrons. The number of hydrogen-bond acceptors (Lipinski definition) is 10. The first kappa shape index (κ1) is 33.5. The van der Waals surface area contributed by atoms with Crippen LogP contribution in [0.2, 0.25) is 0 Å². The van der Waals surface area contributed by atoms with Crippen LogP contribution in [0, 0.1) is 10.1 Å². The lowest BCUT2D eigenvalue weighted by atomic mass is 9.92. The fourth-order valence-electron chi connectivity index (χ4n) is 6.33. The number of ether oxygens (including phenoxy) is 1. The maximum atomic E-state index is 12.7. The van der Waals surface area contributed by atoms with Gasteiger partial charge >= 0.3 is 6.09 Å². The van der Waals surface area contributed by atoms with E-state index in [0.717, 1.165) is 68.3 Å². The molecule has 3 aliphatic rings. The van der Waals surface area contributed by atoms with Gasteiger partial charge < -0.3 is 30.6 Å². The highest BCUT2D eigenvalue weighted by Gasteiger charge is 2.27. The van der Waals surface area contributed by atoms with E-state index in [1.54, 1.807) is 17.0 Å². The van der Waals surface area contributed by atoms with Crippen molar-refractivity contribution < 1.29 is 14.5 Å². The molecular weight excluding hydrogens is 609 g/mol. The summed E-state index contributed by atoms with van der Waals surface area (Å²) in [5, 5.41) is 18.0. The van der Waals surface area contributed by atoms with Gasteiger partial charge in [0.1, 0.15) is 6.61 Å². The van der Waals surface area contributed by atoms with Crippen LogP contribution < -0.4 is 16.4 Å². The van der Waals surface area contributed by atoms with Gasteiger partial charge in [-0.3, -0.25) is 10.1 Å². The summed E-state index contributed by atoms with van der Waals surface area (Å²) in [6, 6.07) is 7.14. The number of piperidine rings is 1. The summed E-state index contributed by atoms with van der Waals surface area (Å²) in [5.41, 5.74) is 8.48. The van der Waals surface area contributed by atoms with E-state index in [1.807, 2.05) is 6.33 Å². The number of nitro benzene ring substituents is 1. The zero-order chi connectivity index (χ0) is 29.1. The largest absolute Gasteiger partial charge is 0.445 e. The maximum absolute atomic E-state index is 12.7. The molecule has 0 unspecified atom stereocenters. The number of nitrogens with zero attached hydrogens (tertiary/aromatic N) is 6. The van der Waals surface area contributed by atoms with Crippen LogP contribution in [0.3, 0.4) is 0 Å². The minimum absolute atomic E-state index is 0. The lowest BCUT2D eigenvalue weighted by Gasteiger charge is -2.32. The standard InChI is InChI=1S/C29H39N9O4.2ClH/c30-20-7-9-21(10-8-20)33-28-34-26(25-27(35-28)37(18-31-25)23-3-1-2-4-23)32-22-13-15-36(16-14-22)29(39)42-17-19-5-11-24(12-6-19)38(40)41;;/h5-6,11-12,18,20-23H,1-4,7-10,13-17,30H2,(H2,32,33,34,35);2*1H/t20-,21-;;. The maximum Gasteiger partial charge on any atom is 0.410 e. The van der Waals surface area contributed by atoms with E-state index in [4.69, 9.17) is 25.4 Å². The Bertz CT molecular complexity index is 1400. The van der Waals surface area contributed by atoms with Gasteiger partial charge in [-0.25, -0.2) is 9.78 Å². The fraction of sp³-hybridized carbons (Fsp3) is 0.586. The van der Waals surface area contributed by atoms with Crippen molar-refractivity contribution in [2.75, 3.05) is 23.7 Å². The van der Waals surface area contributed by atoms with Gasteiger partial charge in [0.05, 0.1) is 11.3 Å². The number of non-ortho nitro benzene ring substituents is 1. The molecule has 2 aliphatic carbocycles. The number of imidazole rings is 1. The Morgan fingerprint density at radius 2 is 1.61 bits per heavy atom. The van der Waals surface area contributed by atoms with Crippen molar-refractivity contribution in [3.8, 4) is 0 Å². The molecule has 2 saturated carbocycles. The van der Waals surface area contributed by atoms with E-state index in [1.165, 1.54) is 25.0 Å². The summed E-state index contributed by atoms with van der Waals surface area (Å²) in [6.07, 6.45) is 11.7. The van der Waals surface area contributed by atoms with Crippen molar-refractivity contribution in [1.82, 2.24) is 24.4 Å². The molecule has 15 heteroatoms. The molecule has 3 aromatic rings. The van der Waals surface area contributed by atoms with Crippen molar-refractivity contribution in [3.63, 3.8) is 0 Å². The Balaban J connectivity index is 0.00000221. The molecule has 13 nitrogen and oxygen atoms in total. The van der Waals surface area contributed by atoms with Crippen molar-refractivity contribution in [2.45, 2.75) is 95.0 Å². The second kappa shape index (κ2) is 15.0. The molecule has 1 saturated heterocycles. The molecule has 44 heavy (non-hydrogen) atoms. The normalized spacial score (nSPS) is 20.9. The van der Waals surface area contributed by atoms with Crippen LogP contribution in [-0.4, -0.2) is 66.7 Å². The monoisotopic (exact) mass is 649 g/mol. The number of halogens is 2. The molecule has 3 fully saturated rings. The van der Waals surface area contributed by atoms with Crippen LogP contribution in [0.1, 0.15) is 75.8 Å². The first-order chi connectivity index (χ1) is 20.4. The highest BCUT2D eigenvalue weighted by Crippen LogP contribution is 2.34. The second-order valence-corrected chi connectivity index (χ2v) is 11.8. The van der Waals surface area contributed by atoms with Gasteiger partial charge in [0.25, 0.3) is 5.69 Å². The van der Waals surface area contributed by atoms with E-state index < -0.39 is 4.92 Å². The SMILES string of the molecule is Cl.Cl.N[C@H]1CC[C@H](Nc2nc(NC3CCN(C(=O)OCc4ccc([N+](=O)[O-])cc4)CC3)c3ncn(C4CCCC4)c3n2)CC1. The Hall–Kier alpha value is -3.42. The lowest BCUT2D eigenvalue weighted by Crippen LogP contribution is -2.42. The highest BCUT2D eigenvalue weighted by atomic mass is 35.5. The number of nitrogens with two attached hydrogens (primary N) is 1. The summed E-state index contributed by atoms with van der Waals surface area (Å²) in [5.74, 6) is 1.35. The Morgan fingerprint density at radius 3 is 2.27 bits per heavy atom. The number of carbonyl (C=O) groups is 1. The van der Waals surface area contributed by atoms with E-state index >= 15 is 0 Å². The number of amides is 1. The van der Waals surface area contributed by atoms with Crippen LogP contribution in [0.4, 0.5) is 22.2 Å². The van der Waals surface area contributed by atoms with Crippen LogP contribution in [-0.2, 0) is 11.3 Å². The number of benzene rings is 1. The summed E-state index contributed by atoms with van der Waals surface area (Å²) >= 11 is 0. The van der Waals surface area contributed by atoms with Crippen molar-refractivity contribution >= 4 is 59.5 Å². The van der Waals surface area contributed by atoms with E-state index in [2.05, 4.69) is 15.2 Å². The topological polar surface area (TPSA) is 166 Å². The number of hydrogen-bond donors (Lipinski definition) is 3. The number of likely N-dealkylation sites (tertiary alicyclic amines) is 1. The molecule has 2 aromatic heterocycles. The smallest absolute Gasteiger partial charge is 0.410 e. The molecular formula is C29H41Cl2N9O4. The van der Waals surface area contributed by atoms with Gasteiger partial charge in [0.15, 0.2) is 17.0 Å². The van der Waals surface area contributed by atoms with Gasteiger partial charge in [-0.2, -0.15) is 9.97 Å². The molecule has 3 heterocycles. The minimum Gasteiger partial charge on any atom is -0.445 e. The first-order valence-electron chi connectivity index (χ1n) is 15.1. The third kappa shape index (κ3) is 7.80. The summed E-state index contributed by atoms with van der Waals surface area (Å²) in [4.78, 5) is 39.4. The van der Waals surface area contributed by atoms with Gasteiger partial charge in [0, 0.05) is 49.4 Å². The molecule has 1 aliphatic heterocycles. The molecule has 1 amide bonds. The van der Waals surface area contributed by atoms with Gasteiger partial charge in [-0.05, 0) is 69.1 Å². The molecule has 0 spiro atoms. The lowest BCUT2D eigenvalue weighted by molar-refractivity contribution is -0.384. The highest BCUT2D eigenvalue weighted by molar-refractivity contribution is 5.86. The van der Waals surface area contributed by atoms with Crippen LogP contribution in [0.25, 0.3) is 11.2 Å². The van der Waals surface area contributed by atoms with Gasteiger partial charge in [-0.1, -0.05) is 12.8 Å². The average Bonchev–Trinajstić information content (AvgIpc) is 3.68. The molecule has 1 aromatic carbocycles. The number of aromatic nitrogens is 4. The van der Waals surface area contributed by atoms with E-state index in [9.17, 15) is 14.9 Å². The first-order valence-corrected chi connectivity index (χ1v) is 15.1. The van der Waals surface area contributed by atoms with Crippen LogP contribution >= 0.6 is 24.8 Å². The predicted octanol–water partition coefficient (Wildman–Crippen LogP) is 5.59. The number of nitrogens with one attached hydrogen (secondary N) is 2. The fourth-order valence-corrected chi connectivity index (χ4v) is 6.33. The molecule has 0 atom stereocenters.